The second-order valence-electron chi connectivity index (χ2n) is 4.81. The van der Waals surface area contributed by atoms with Gasteiger partial charge in [-0.05, 0) is 19.9 Å². The second kappa shape index (κ2) is 3.78. The molecular formula is C11H17N3O3. The fourth-order valence-corrected chi connectivity index (χ4v) is 2.64. The van der Waals surface area contributed by atoms with E-state index in [1.54, 1.807) is 4.68 Å². The van der Waals surface area contributed by atoms with Crippen LogP contribution in [0.1, 0.15) is 17.4 Å². The van der Waals surface area contributed by atoms with Crippen molar-refractivity contribution < 1.29 is 14.6 Å². The average molecular weight is 239 g/mol. The third-order valence-electron chi connectivity index (χ3n) is 3.51. The van der Waals surface area contributed by atoms with Gasteiger partial charge in [-0.15, -0.1) is 0 Å². The quantitative estimate of drug-likeness (QED) is 0.689. The molecule has 2 bridgehead atoms. The van der Waals surface area contributed by atoms with Crippen LogP contribution in [0.5, 0.6) is 0 Å². The molecule has 2 aliphatic heterocycles. The number of aryl methyl sites for hydroxylation is 2. The van der Waals surface area contributed by atoms with Gasteiger partial charge < -0.3 is 20.3 Å². The Hall–Kier alpha value is -0.950. The molecule has 0 unspecified atom stereocenters. The molecule has 0 aromatic carbocycles. The molecule has 6 nitrogen and oxygen atoms in total. The second-order valence-corrected chi connectivity index (χ2v) is 4.81. The van der Waals surface area contributed by atoms with Crippen LogP contribution in [0.2, 0.25) is 0 Å². The summed E-state index contributed by atoms with van der Waals surface area (Å²) in [5.41, 5.74) is 7.82. The largest absolute Gasteiger partial charge is 0.389 e. The van der Waals surface area contributed by atoms with Crippen LogP contribution in [0.4, 0.5) is 0 Å². The molecular weight excluding hydrogens is 222 g/mol. The van der Waals surface area contributed by atoms with Gasteiger partial charge in [-0.1, -0.05) is 0 Å². The van der Waals surface area contributed by atoms with E-state index in [2.05, 4.69) is 5.10 Å². The van der Waals surface area contributed by atoms with E-state index in [0.717, 1.165) is 11.4 Å². The smallest absolute Gasteiger partial charge is 0.183 e. The lowest BCUT2D eigenvalue weighted by Gasteiger charge is -2.36. The maximum absolute atomic E-state index is 10.3. The molecule has 17 heavy (non-hydrogen) atoms. The van der Waals surface area contributed by atoms with Crippen molar-refractivity contribution in [1.29, 1.82) is 0 Å². The van der Waals surface area contributed by atoms with Crippen LogP contribution in [0.15, 0.2) is 6.07 Å². The van der Waals surface area contributed by atoms with Crippen molar-refractivity contribution in [2.45, 2.75) is 44.4 Å². The number of aliphatic hydroxyl groups is 1. The number of hydrogen-bond acceptors (Lipinski definition) is 5. The van der Waals surface area contributed by atoms with E-state index < -0.39 is 18.4 Å². The minimum absolute atomic E-state index is 0.205. The number of fused-ring (bicyclic) bond motifs is 2. The number of hydrogen-bond donors (Lipinski definition) is 2. The van der Waals surface area contributed by atoms with Crippen molar-refractivity contribution in [2.75, 3.05) is 6.61 Å². The first kappa shape index (κ1) is 11.2. The Morgan fingerprint density at radius 3 is 2.94 bits per heavy atom. The van der Waals surface area contributed by atoms with Crippen LogP contribution in [-0.2, 0) is 9.47 Å². The molecule has 94 valence electrons. The Balaban J connectivity index is 1.98. The van der Waals surface area contributed by atoms with E-state index >= 15 is 0 Å². The highest BCUT2D eigenvalue weighted by Gasteiger charge is 2.50. The number of ether oxygens (including phenoxy) is 2. The molecule has 0 radical (unpaired) electrons. The predicted octanol–water partition coefficient (Wildman–Crippen LogP) is -0.516. The topological polar surface area (TPSA) is 82.5 Å². The Bertz CT molecular complexity index is 434. The molecule has 0 spiro atoms. The van der Waals surface area contributed by atoms with E-state index in [0.29, 0.717) is 6.61 Å². The van der Waals surface area contributed by atoms with Crippen LogP contribution in [0.25, 0.3) is 0 Å². The summed E-state index contributed by atoms with van der Waals surface area (Å²) in [5.74, 6) is 0. The molecule has 0 amide bonds. The minimum atomic E-state index is -0.695. The van der Waals surface area contributed by atoms with Gasteiger partial charge in [-0.25, -0.2) is 0 Å². The summed E-state index contributed by atoms with van der Waals surface area (Å²) in [6.45, 7) is 4.30. The maximum Gasteiger partial charge on any atom is 0.183 e. The zero-order chi connectivity index (χ0) is 12.2. The van der Waals surface area contributed by atoms with E-state index in [9.17, 15) is 5.11 Å². The van der Waals surface area contributed by atoms with Gasteiger partial charge in [0.25, 0.3) is 0 Å². The van der Waals surface area contributed by atoms with E-state index in [1.807, 2.05) is 19.9 Å². The van der Waals surface area contributed by atoms with Gasteiger partial charge in [0.05, 0.1) is 24.4 Å². The summed E-state index contributed by atoms with van der Waals surface area (Å²) in [6.07, 6.45) is -1.35. The molecule has 2 saturated heterocycles. The van der Waals surface area contributed by atoms with Gasteiger partial charge in [0.2, 0.25) is 0 Å². The van der Waals surface area contributed by atoms with Crippen molar-refractivity contribution in [3.05, 3.63) is 17.5 Å². The Kier molecular flexibility index (Phi) is 2.48. The molecule has 0 aliphatic carbocycles. The standard InChI is InChI=1S/C11H17N3O3/c1-5-3-6(2)14(13-5)9-10(15)8(12)7-4-16-11(9)17-7/h3,7-11,15H,4,12H2,1-2H3/t7-,8-,9-,10+,11-/m1/s1. The van der Waals surface area contributed by atoms with E-state index in [1.165, 1.54) is 0 Å². The first-order chi connectivity index (χ1) is 8.08. The van der Waals surface area contributed by atoms with Crippen LogP contribution in [-0.4, -0.2) is 46.0 Å². The molecule has 3 rings (SSSR count). The molecule has 2 aliphatic rings. The van der Waals surface area contributed by atoms with Crippen molar-refractivity contribution >= 4 is 0 Å². The highest BCUT2D eigenvalue weighted by Crippen LogP contribution is 2.35. The molecule has 3 N–H and O–H groups in total. The molecule has 1 aromatic heterocycles. The number of nitrogens with zero attached hydrogens (tertiary/aromatic N) is 2. The van der Waals surface area contributed by atoms with Crippen molar-refractivity contribution in [3.8, 4) is 0 Å². The number of aliphatic hydroxyl groups excluding tert-OH is 1. The van der Waals surface area contributed by atoms with Gasteiger partial charge in [0, 0.05) is 5.69 Å². The summed E-state index contributed by atoms with van der Waals surface area (Å²) in [6, 6.07) is 1.17. The van der Waals surface area contributed by atoms with Crippen molar-refractivity contribution in [2.24, 2.45) is 5.73 Å². The molecule has 2 fully saturated rings. The highest BCUT2D eigenvalue weighted by atomic mass is 16.7. The van der Waals surface area contributed by atoms with Crippen molar-refractivity contribution in [1.82, 2.24) is 9.78 Å². The normalized spacial score (nSPS) is 40.8. The lowest BCUT2D eigenvalue weighted by molar-refractivity contribution is -0.163. The van der Waals surface area contributed by atoms with Crippen LogP contribution >= 0.6 is 0 Å². The predicted molar refractivity (Wildman–Crippen MR) is 59.3 cm³/mol. The molecule has 5 atom stereocenters. The zero-order valence-electron chi connectivity index (χ0n) is 9.91. The first-order valence-corrected chi connectivity index (χ1v) is 5.81. The summed E-state index contributed by atoms with van der Waals surface area (Å²) in [5, 5.41) is 14.6. The third kappa shape index (κ3) is 1.60. The zero-order valence-corrected chi connectivity index (χ0v) is 9.91. The Morgan fingerprint density at radius 2 is 2.29 bits per heavy atom. The van der Waals surface area contributed by atoms with E-state index in [-0.39, 0.29) is 12.1 Å². The first-order valence-electron chi connectivity index (χ1n) is 5.81. The van der Waals surface area contributed by atoms with Crippen LogP contribution in [0, 0.1) is 13.8 Å². The lowest BCUT2D eigenvalue weighted by Crippen LogP contribution is -2.55. The SMILES string of the molecule is Cc1cc(C)n([C@H]2[C@@H]3OC[C@@H](O3)[C@@H](N)[C@@H]2O)n1. The van der Waals surface area contributed by atoms with Crippen molar-refractivity contribution in [3.63, 3.8) is 0 Å². The molecule has 1 aromatic rings. The van der Waals surface area contributed by atoms with Crippen LogP contribution in [0.3, 0.4) is 0 Å². The number of aromatic nitrogens is 2. The summed E-state index contributed by atoms with van der Waals surface area (Å²) >= 11 is 0. The Morgan fingerprint density at radius 1 is 1.53 bits per heavy atom. The third-order valence-corrected chi connectivity index (χ3v) is 3.51. The molecule has 0 saturated carbocycles. The van der Waals surface area contributed by atoms with Gasteiger partial charge in [-0.2, -0.15) is 5.10 Å². The van der Waals surface area contributed by atoms with Gasteiger partial charge in [0.15, 0.2) is 6.29 Å². The highest BCUT2D eigenvalue weighted by molar-refractivity contribution is 5.10. The molecule has 3 heterocycles. The number of rotatable bonds is 1. The van der Waals surface area contributed by atoms with Gasteiger partial charge in [0.1, 0.15) is 12.1 Å². The summed E-state index contributed by atoms with van der Waals surface area (Å²) < 4.78 is 12.9. The number of nitrogens with two attached hydrogens (primary N) is 1. The lowest BCUT2D eigenvalue weighted by atomic mass is 9.97. The minimum Gasteiger partial charge on any atom is -0.389 e. The van der Waals surface area contributed by atoms with Gasteiger partial charge >= 0.3 is 0 Å². The van der Waals surface area contributed by atoms with E-state index in [4.69, 9.17) is 15.2 Å². The monoisotopic (exact) mass is 239 g/mol. The van der Waals surface area contributed by atoms with Crippen LogP contribution < -0.4 is 5.73 Å². The molecule has 6 heteroatoms. The summed E-state index contributed by atoms with van der Waals surface area (Å²) in [7, 11) is 0. The maximum atomic E-state index is 10.3. The summed E-state index contributed by atoms with van der Waals surface area (Å²) in [4.78, 5) is 0. The fourth-order valence-electron chi connectivity index (χ4n) is 2.64. The Labute approximate surface area is 99.3 Å². The van der Waals surface area contributed by atoms with Gasteiger partial charge in [-0.3, -0.25) is 4.68 Å². The fraction of sp³-hybridized carbons (Fsp3) is 0.727. The average Bonchev–Trinajstić information content (AvgIpc) is 2.83.